The van der Waals surface area contributed by atoms with Crippen molar-refractivity contribution in [1.82, 2.24) is 18.8 Å². The first-order valence-electron chi connectivity index (χ1n) is 13.8. The minimum Gasteiger partial charge on any atom is -0.493 e. The lowest BCUT2D eigenvalue weighted by Gasteiger charge is -2.33. The standard InChI is InChI=1S/C28H36N4O7S/c1-4-6-20-22(15-33)31(3)26-25(20)29-27(30-28(26)34)21-14-19(7-8-23(21)38-13-5-2)40(35,36)32-11-9-18(10-12-32)24-16-37-17-39-24/h7-8,14-15,18,24H,4-6,9-13,16-17H2,1-3H3,(H,29,30,34). The highest BCUT2D eigenvalue weighted by molar-refractivity contribution is 7.89. The topological polar surface area (TPSA) is 133 Å². The molecule has 0 radical (unpaired) electrons. The Labute approximate surface area is 233 Å². The Morgan fingerprint density at radius 3 is 2.62 bits per heavy atom. The smallest absolute Gasteiger partial charge is 0.275 e. The van der Waals surface area contributed by atoms with Crippen LogP contribution in [0.5, 0.6) is 5.75 Å². The van der Waals surface area contributed by atoms with Crippen molar-refractivity contribution >= 4 is 27.3 Å². The number of ether oxygens (including phenoxy) is 3. The molecule has 0 amide bonds. The van der Waals surface area contributed by atoms with Gasteiger partial charge in [0.1, 0.15) is 29.4 Å². The van der Waals surface area contributed by atoms with E-state index in [4.69, 9.17) is 19.2 Å². The van der Waals surface area contributed by atoms with Crippen molar-refractivity contribution in [2.45, 2.75) is 57.0 Å². The number of carbonyl (C=O) groups excluding carboxylic acids is 1. The summed E-state index contributed by atoms with van der Waals surface area (Å²) < 4.78 is 47.4. The molecule has 40 heavy (non-hydrogen) atoms. The highest BCUT2D eigenvalue weighted by atomic mass is 32.2. The van der Waals surface area contributed by atoms with Gasteiger partial charge in [-0.15, -0.1) is 0 Å². The summed E-state index contributed by atoms with van der Waals surface area (Å²) in [7, 11) is -2.15. The molecule has 2 fully saturated rings. The molecule has 1 atom stereocenters. The van der Waals surface area contributed by atoms with E-state index in [1.54, 1.807) is 17.7 Å². The van der Waals surface area contributed by atoms with Crippen LogP contribution >= 0.6 is 0 Å². The molecule has 2 aliphatic rings. The van der Waals surface area contributed by atoms with Crippen molar-refractivity contribution < 1.29 is 27.4 Å². The van der Waals surface area contributed by atoms with E-state index in [9.17, 15) is 18.0 Å². The lowest BCUT2D eigenvalue weighted by molar-refractivity contribution is 0.0184. The molecule has 2 aromatic heterocycles. The molecule has 2 aliphatic heterocycles. The minimum absolute atomic E-state index is 0.0135. The van der Waals surface area contributed by atoms with Gasteiger partial charge >= 0.3 is 0 Å². The van der Waals surface area contributed by atoms with E-state index in [-0.39, 0.29) is 22.7 Å². The minimum atomic E-state index is -3.82. The third-order valence-corrected chi connectivity index (χ3v) is 9.67. The third-order valence-electron chi connectivity index (χ3n) is 7.78. The molecule has 1 aromatic carbocycles. The Morgan fingerprint density at radius 2 is 1.98 bits per heavy atom. The first kappa shape index (κ1) is 28.5. The van der Waals surface area contributed by atoms with Gasteiger partial charge in [0, 0.05) is 25.7 Å². The number of aryl methyl sites for hydroxylation is 2. The van der Waals surface area contributed by atoms with Gasteiger partial charge in [-0.1, -0.05) is 20.3 Å². The molecule has 0 saturated carbocycles. The van der Waals surface area contributed by atoms with Crippen LogP contribution in [0.15, 0.2) is 27.9 Å². The Balaban J connectivity index is 1.55. The molecule has 5 rings (SSSR count). The molecule has 0 aliphatic carbocycles. The number of hydrogen-bond acceptors (Lipinski definition) is 8. The molecular formula is C28H36N4O7S. The normalized spacial score (nSPS) is 18.9. The fourth-order valence-corrected chi connectivity index (χ4v) is 7.15. The van der Waals surface area contributed by atoms with Gasteiger partial charge in [-0.05, 0) is 49.8 Å². The van der Waals surface area contributed by atoms with E-state index in [0.29, 0.717) is 86.0 Å². The number of aldehydes is 1. The molecule has 0 spiro atoms. The summed E-state index contributed by atoms with van der Waals surface area (Å²) in [5, 5.41) is 0. The SMILES string of the molecule is CCCOc1ccc(S(=O)(=O)N2CCC(C3COCO3)CC2)cc1-c1nc2c(CCC)c(C=O)n(C)c2c(=O)[nH]1. The first-order chi connectivity index (χ1) is 19.3. The van der Waals surface area contributed by atoms with Gasteiger partial charge in [0.15, 0.2) is 6.29 Å². The van der Waals surface area contributed by atoms with Crippen LogP contribution in [-0.2, 0) is 33.0 Å². The Kier molecular flexibility index (Phi) is 8.41. The highest BCUT2D eigenvalue weighted by Crippen LogP contribution is 2.34. The summed E-state index contributed by atoms with van der Waals surface area (Å²) in [5.41, 5.74) is 1.79. The molecule has 4 heterocycles. The van der Waals surface area contributed by atoms with Crippen LogP contribution in [0.2, 0.25) is 0 Å². The number of piperidine rings is 1. The Bertz CT molecular complexity index is 1550. The van der Waals surface area contributed by atoms with Gasteiger partial charge < -0.3 is 23.8 Å². The Morgan fingerprint density at radius 1 is 1.20 bits per heavy atom. The molecule has 11 nitrogen and oxygen atoms in total. The predicted octanol–water partition coefficient (Wildman–Crippen LogP) is 3.26. The molecule has 1 unspecified atom stereocenters. The zero-order valence-corrected chi connectivity index (χ0v) is 24.0. The van der Waals surface area contributed by atoms with Gasteiger partial charge in [-0.25, -0.2) is 13.4 Å². The van der Waals surface area contributed by atoms with Crippen molar-refractivity contribution in [2.75, 3.05) is 33.1 Å². The number of nitrogens with one attached hydrogen (secondary N) is 1. The molecule has 2 saturated heterocycles. The third kappa shape index (κ3) is 5.20. The van der Waals surface area contributed by atoms with Crippen LogP contribution in [0, 0.1) is 5.92 Å². The number of carbonyl (C=O) groups is 1. The largest absolute Gasteiger partial charge is 0.493 e. The monoisotopic (exact) mass is 572 g/mol. The van der Waals surface area contributed by atoms with Crippen LogP contribution in [0.4, 0.5) is 0 Å². The van der Waals surface area contributed by atoms with E-state index in [1.165, 1.54) is 16.4 Å². The number of nitrogens with zero attached hydrogens (tertiary/aromatic N) is 3. The quantitative estimate of drug-likeness (QED) is 0.366. The number of aromatic amines is 1. The van der Waals surface area contributed by atoms with Crippen LogP contribution in [0.25, 0.3) is 22.4 Å². The number of fused-ring (bicyclic) bond motifs is 1. The van der Waals surface area contributed by atoms with Crippen molar-refractivity contribution in [3.05, 3.63) is 39.8 Å². The summed E-state index contributed by atoms with van der Waals surface area (Å²) in [6, 6.07) is 4.68. The second kappa shape index (κ2) is 11.8. The first-order valence-corrected chi connectivity index (χ1v) is 15.3. The molecule has 3 aromatic rings. The number of aromatic nitrogens is 3. The van der Waals surface area contributed by atoms with Gasteiger partial charge in [0.25, 0.3) is 5.56 Å². The summed E-state index contributed by atoms with van der Waals surface area (Å²) >= 11 is 0. The van der Waals surface area contributed by atoms with Gasteiger partial charge in [-0.2, -0.15) is 4.31 Å². The summed E-state index contributed by atoms with van der Waals surface area (Å²) in [6.07, 6.45) is 4.22. The van der Waals surface area contributed by atoms with Crippen LogP contribution in [-0.4, -0.2) is 72.7 Å². The van der Waals surface area contributed by atoms with Crippen molar-refractivity contribution in [2.24, 2.45) is 13.0 Å². The van der Waals surface area contributed by atoms with Crippen molar-refractivity contribution in [3.63, 3.8) is 0 Å². The second-order valence-corrected chi connectivity index (χ2v) is 12.3. The maximum atomic E-state index is 13.7. The van der Waals surface area contributed by atoms with Crippen LogP contribution < -0.4 is 10.3 Å². The van der Waals surface area contributed by atoms with E-state index in [2.05, 4.69) is 4.98 Å². The van der Waals surface area contributed by atoms with E-state index in [0.717, 1.165) is 19.1 Å². The molecule has 0 bridgehead atoms. The number of rotatable bonds is 10. The van der Waals surface area contributed by atoms with Crippen LogP contribution in [0.1, 0.15) is 55.6 Å². The number of sulfonamides is 1. The maximum Gasteiger partial charge on any atom is 0.275 e. The number of benzene rings is 1. The average molecular weight is 573 g/mol. The fourth-order valence-electron chi connectivity index (χ4n) is 5.66. The van der Waals surface area contributed by atoms with Gasteiger partial charge in [-0.3, -0.25) is 9.59 Å². The van der Waals surface area contributed by atoms with E-state index in [1.807, 2.05) is 13.8 Å². The highest BCUT2D eigenvalue weighted by Gasteiger charge is 2.35. The van der Waals surface area contributed by atoms with E-state index < -0.39 is 15.6 Å². The molecular weight excluding hydrogens is 536 g/mol. The lowest BCUT2D eigenvalue weighted by Crippen LogP contribution is -2.41. The molecule has 1 N–H and O–H groups in total. The predicted molar refractivity (Wildman–Crippen MR) is 149 cm³/mol. The zero-order valence-electron chi connectivity index (χ0n) is 23.1. The number of hydrogen-bond donors (Lipinski definition) is 1. The van der Waals surface area contributed by atoms with Crippen molar-refractivity contribution in [3.8, 4) is 17.1 Å². The summed E-state index contributed by atoms with van der Waals surface area (Å²) in [5.74, 6) is 0.872. The lowest BCUT2D eigenvalue weighted by atomic mass is 9.93. The fraction of sp³-hybridized carbons (Fsp3) is 0.536. The second-order valence-electron chi connectivity index (χ2n) is 10.3. The Hall–Kier alpha value is -3.06. The summed E-state index contributed by atoms with van der Waals surface area (Å²) in [4.78, 5) is 32.8. The zero-order chi connectivity index (χ0) is 28.4. The molecule has 12 heteroatoms. The average Bonchev–Trinajstić information content (AvgIpc) is 3.59. The molecule has 216 valence electrons. The number of H-pyrrole nitrogens is 1. The maximum absolute atomic E-state index is 13.7. The van der Waals surface area contributed by atoms with Gasteiger partial charge in [0.2, 0.25) is 10.0 Å². The van der Waals surface area contributed by atoms with Crippen LogP contribution in [0.3, 0.4) is 0 Å². The summed E-state index contributed by atoms with van der Waals surface area (Å²) in [6.45, 7) is 5.98. The van der Waals surface area contributed by atoms with Crippen molar-refractivity contribution in [1.29, 1.82) is 0 Å². The van der Waals surface area contributed by atoms with Gasteiger partial charge in [0.05, 0.1) is 35.5 Å². The van der Waals surface area contributed by atoms with E-state index >= 15 is 0 Å².